The summed E-state index contributed by atoms with van der Waals surface area (Å²) in [4.78, 5) is 11.7. The summed E-state index contributed by atoms with van der Waals surface area (Å²) in [6, 6.07) is 1.98. The average molecular weight is 251 g/mol. The minimum absolute atomic E-state index is 0.0763. The number of amides is 1. The SMILES string of the molecule is CCC(C)NC(=O)/C(C#N)=C\NCC1CCCO1. The van der Waals surface area contributed by atoms with Crippen molar-refractivity contribution in [2.75, 3.05) is 13.2 Å². The molecule has 0 aromatic heterocycles. The Hall–Kier alpha value is -1.54. The summed E-state index contributed by atoms with van der Waals surface area (Å²) in [7, 11) is 0. The van der Waals surface area contributed by atoms with Crippen molar-refractivity contribution in [3.63, 3.8) is 0 Å². The van der Waals surface area contributed by atoms with Crippen molar-refractivity contribution in [3.8, 4) is 6.07 Å². The molecule has 5 nitrogen and oxygen atoms in total. The van der Waals surface area contributed by atoms with Gasteiger partial charge >= 0.3 is 0 Å². The summed E-state index contributed by atoms with van der Waals surface area (Å²) in [5, 5.41) is 14.7. The van der Waals surface area contributed by atoms with Crippen LogP contribution >= 0.6 is 0 Å². The van der Waals surface area contributed by atoms with E-state index in [0.717, 1.165) is 25.9 Å². The Labute approximate surface area is 108 Å². The third-order valence-electron chi connectivity index (χ3n) is 2.97. The number of carbonyl (C=O) groups is 1. The van der Waals surface area contributed by atoms with Crippen molar-refractivity contribution < 1.29 is 9.53 Å². The minimum atomic E-state index is -0.327. The number of rotatable bonds is 6. The lowest BCUT2D eigenvalue weighted by molar-refractivity contribution is -0.117. The molecule has 0 saturated carbocycles. The predicted molar refractivity (Wildman–Crippen MR) is 68.6 cm³/mol. The maximum Gasteiger partial charge on any atom is 0.263 e. The van der Waals surface area contributed by atoms with Crippen molar-refractivity contribution in [2.24, 2.45) is 0 Å². The van der Waals surface area contributed by atoms with E-state index in [-0.39, 0.29) is 23.6 Å². The fourth-order valence-electron chi connectivity index (χ4n) is 1.65. The molecular formula is C13H21N3O2. The molecule has 1 amide bonds. The molecule has 18 heavy (non-hydrogen) atoms. The lowest BCUT2D eigenvalue weighted by atomic mass is 10.2. The summed E-state index contributed by atoms with van der Waals surface area (Å²) in [6.07, 6.45) is 4.61. The van der Waals surface area contributed by atoms with Crippen LogP contribution in [-0.4, -0.2) is 31.2 Å². The van der Waals surface area contributed by atoms with Gasteiger partial charge in [0.05, 0.1) is 6.10 Å². The molecular weight excluding hydrogens is 230 g/mol. The van der Waals surface area contributed by atoms with E-state index >= 15 is 0 Å². The monoisotopic (exact) mass is 251 g/mol. The Balaban J connectivity index is 2.39. The lowest BCUT2D eigenvalue weighted by Gasteiger charge is -2.11. The number of nitrogens with zero attached hydrogens (tertiary/aromatic N) is 1. The first-order chi connectivity index (χ1) is 8.67. The normalized spacial score (nSPS) is 21.2. The van der Waals surface area contributed by atoms with E-state index in [4.69, 9.17) is 10.00 Å². The van der Waals surface area contributed by atoms with E-state index in [1.54, 1.807) is 0 Å². The van der Waals surface area contributed by atoms with Gasteiger partial charge in [-0.2, -0.15) is 5.26 Å². The molecule has 0 spiro atoms. The summed E-state index contributed by atoms with van der Waals surface area (Å²) in [5.74, 6) is -0.327. The molecule has 5 heteroatoms. The van der Waals surface area contributed by atoms with Crippen molar-refractivity contribution in [2.45, 2.75) is 45.3 Å². The Morgan fingerprint density at radius 3 is 3.00 bits per heavy atom. The molecule has 1 fully saturated rings. The van der Waals surface area contributed by atoms with Gasteiger partial charge in [-0.1, -0.05) is 6.92 Å². The van der Waals surface area contributed by atoms with E-state index in [1.807, 2.05) is 19.9 Å². The fraction of sp³-hybridized carbons (Fsp3) is 0.692. The number of carbonyl (C=O) groups excluding carboxylic acids is 1. The van der Waals surface area contributed by atoms with Gasteiger partial charge in [-0.05, 0) is 26.2 Å². The molecule has 0 bridgehead atoms. The van der Waals surface area contributed by atoms with E-state index in [2.05, 4.69) is 10.6 Å². The van der Waals surface area contributed by atoms with E-state index in [9.17, 15) is 4.79 Å². The summed E-state index contributed by atoms with van der Waals surface area (Å²) < 4.78 is 5.44. The molecule has 100 valence electrons. The van der Waals surface area contributed by atoms with Crippen LogP contribution in [-0.2, 0) is 9.53 Å². The number of hydrogen-bond donors (Lipinski definition) is 2. The Morgan fingerprint density at radius 2 is 2.44 bits per heavy atom. The van der Waals surface area contributed by atoms with Gasteiger partial charge in [0.25, 0.3) is 5.91 Å². The topological polar surface area (TPSA) is 74.2 Å². The van der Waals surface area contributed by atoms with Crippen molar-refractivity contribution in [1.29, 1.82) is 5.26 Å². The van der Waals surface area contributed by atoms with E-state index < -0.39 is 0 Å². The highest BCUT2D eigenvalue weighted by atomic mass is 16.5. The molecule has 0 aromatic rings. The van der Waals surface area contributed by atoms with Crippen molar-refractivity contribution >= 4 is 5.91 Å². The summed E-state index contributed by atoms with van der Waals surface area (Å²) in [5.41, 5.74) is 0.105. The second-order valence-corrected chi connectivity index (χ2v) is 4.50. The molecule has 0 radical (unpaired) electrons. The third kappa shape index (κ3) is 4.76. The van der Waals surface area contributed by atoms with Gasteiger partial charge in [0, 0.05) is 25.4 Å². The quantitative estimate of drug-likeness (QED) is 0.547. The van der Waals surface area contributed by atoms with Crippen LogP contribution in [0.2, 0.25) is 0 Å². The first kappa shape index (κ1) is 14.5. The first-order valence-corrected chi connectivity index (χ1v) is 6.43. The van der Waals surface area contributed by atoms with Gasteiger partial charge in [-0.3, -0.25) is 4.79 Å². The highest BCUT2D eigenvalue weighted by molar-refractivity contribution is 5.97. The van der Waals surface area contributed by atoms with Crippen LogP contribution in [0.25, 0.3) is 0 Å². The summed E-state index contributed by atoms with van der Waals surface area (Å²) in [6.45, 7) is 5.33. The van der Waals surface area contributed by atoms with E-state index in [0.29, 0.717) is 6.54 Å². The molecule has 1 rings (SSSR count). The zero-order valence-corrected chi connectivity index (χ0v) is 11.0. The summed E-state index contributed by atoms with van der Waals surface area (Å²) >= 11 is 0. The molecule has 2 N–H and O–H groups in total. The molecule has 0 aliphatic carbocycles. The van der Waals surface area contributed by atoms with Gasteiger partial charge in [-0.25, -0.2) is 0 Å². The molecule has 2 unspecified atom stereocenters. The lowest BCUT2D eigenvalue weighted by Crippen LogP contribution is -2.33. The van der Waals surface area contributed by atoms with Crippen LogP contribution in [0.15, 0.2) is 11.8 Å². The van der Waals surface area contributed by atoms with Crippen LogP contribution in [0, 0.1) is 11.3 Å². The second kappa shape index (κ2) is 7.72. The van der Waals surface area contributed by atoms with E-state index in [1.165, 1.54) is 6.20 Å². The Bertz CT molecular complexity index is 341. The Kier molecular flexibility index (Phi) is 6.23. The maximum absolute atomic E-state index is 11.7. The fourth-order valence-corrected chi connectivity index (χ4v) is 1.65. The Morgan fingerprint density at radius 1 is 1.67 bits per heavy atom. The van der Waals surface area contributed by atoms with Gasteiger partial charge < -0.3 is 15.4 Å². The molecule has 2 atom stereocenters. The van der Waals surface area contributed by atoms with Crippen LogP contribution in [0.4, 0.5) is 0 Å². The third-order valence-corrected chi connectivity index (χ3v) is 2.97. The molecule has 1 aliphatic heterocycles. The van der Waals surface area contributed by atoms with Gasteiger partial charge in [0.2, 0.25) is 0 Å². The predicted octanol–water partition coefficient (Wildman–Crippen LogP) is 1.08. The maximum atomic E-state index is 11.7. The van der Waals surface area contributed by atoms with Crippen LogP contribution < -0.4 is 10.6 Å². The largest absolute Gasteiger partial charge is 0.387 e. The van der Waals surface area contributed by atoms with Crippen LogP contribution in [0.5, 0.6) is 0 Å². The number of ether oxygens (including phenoxy) is 1. The molecule has 1 heterocycles. The number of nitriles is 1. The van der Waals surface area contributed by atoms with Gasteiger partial charge in [-0.15, -0.1) is 0 Å². The average Bonchev–Trinajstić information content (AvgIpc) is 2.87. The first-order valence-electron chi connectivity index (χ1n) is 6.43. The van der Waals surface area contributed by atoms with Gasteiger partial charge in [0.1, 0.15) is 11.6 Å². The highest BCUT2D eigenvalue weighted by Gasteiger charge is 2.15. The zero-order valence-electron chi connectivity index (χ0n) is 11.0. The number of nitrogens with one attached hydrogen (secondary N) is 2. The second-order valence-electron chi connectivity index (χ2n) is 4.50. The number of hydrogen-bond acceptors (Lipinski definition) is 4. The van der Waals surface area contributed by atoms with Gasteiger partial charge in [0.15, 0.2) is 0 Å². The van der Waals surface area contributed by atoms with Crippen LogP contribution in [0.3, 0.4) is 0 Å². The van der Waals surface area contributed by atoms with Crippen LogP contribution in [0.1, 0.15) is 33.1 Å². The standard InChI is InChI=1S/C13H21N3O2/c1-3-10(2)16-13(17)11(7-14)8-15-9-12-5-4-6-18-12/h8,10,12,15H,3-6,9H2,1-2H3,(H,16,17)/b11-8-. The molecule has 0 aromatic carbocycles. The highest BCUT2D eigenvalue weighted by Crippen LogP contribution is 2.10. The van der Waals surface area contributed by atoms with Crippen molar-refractivity contribution in [3.05, 3.63) is 11.8 Å². The molecule has 1 saturated heterocycles. The zero-order chi connectivity index (χ0) is 13.4. The smallest absolute Gasteiger partial charge is 0.263 e. The minimum Gasteiger partial charge on any atom is -0.387 e. The molecule has 1 aliphatic rings. The van der Waals surface area contributed by atoms with Crippen molar-refractivity contribution in [1.82, 2.24) is 10.6 Å².